The van der Waals surface area contributed by atoms with Crippen molar-refractivity contribution in [3.8, 4) is 5.75 Å². The Bertz CT molecular complexity index is 430. The molecule has 0 saturated carbocycles. The van der Waals surface area contributed by atoms with E-state index < -0.39 is 11.5 Å². The van der Waals surface area contributed by atoms with Gasteiger partial charge in [0.2, 0.25) is 0 Å². The molecule has 1 rings (SSSR count). The zero-order valence-corrected chi connectivity index (χ0v) is 13.3. The van der Waals surface area contributed by atoms with E-state index >= 15 is 0 Å². The van der Waals surface area contributed by atoms with Crippen LogP contribution in [0.1, 0.15) is 45.6 Å². The van der Waals surface area contributed by atoms with Crippen LogP contribution in [0.2, 0.25) is 0 Å². The van der Waals surface area contributed by atoms with Crippen molar-refractivity contribution >= 4 is 5.97 Å². The lowest BCUT2D eigenvalue weighted by atomic mass is 10.0. The normalized spacial score (nSPS) is 13.7. The zero-order valence-electron chi connectivity index (χ0n) is 13.3. The summed E-state index contributed by atoms with van der Waals surface area (Å²) in [6.45, 7) is 6.60. The van der Waals surface area contributed by atoms with Gasteiger partial charge in [-0.05, 0) is 50.4 Å². The molecule has 4 heteroatoms. The molecule has 0 heterocycles. The van der Waals surface area contributed by atoms with E-state index in [1.165, 1.54) is 18.4 Å². The van der Waals surface area contributed by atoms with Crippen molar-refractivity contribution in [1.29, 1.82) is 0 Å². The van der Waals surface area contributed by atoms with Gasteiger partial charge in [0, 0.05) is 0 Å². The fourth-order valence-corrected chi connectivity index (χ4v) is 1.95. The van der Waals surface area contributed by atoms with E-state index in [1.54, 1.807) is 6.92 Å². The van der Waals surface area contributed by atoms with E-state index in [0.29, 0.717) is 12.3 Å². The van der Waals surface area contributed by atoms with Crippen LogP contribution in [0.5, 0.6) is 5.75 Å². The van der Waals surface area contributed by atoms with Crippen LogP contribution in [0.25, 0.3) is 0 Å². The molecular weight excluding hydrogens is 266 g/mol. The van der Waals surface area contributed by atoms with E-state index in [0.717, 1.165) is 12.8 Å². The quantitative estimate of drug-likeness (QED) is 0.695. The standard InChI is InChI=1S/C17H27NO3/c1-4-6-7-14-8-10-15(11-9-14)21-13-17(3,16(19)20)18-12-5-2/h8-11,18H,4-7,12-13H2,1-3H3,(H,19,20). The summed E-state index contributed by atoms with van der Waals surface area (Å²) in [7, 11) is 0. The average molecular weight is 293 g/mol. The van der Waals surface area contributed by atoms with E-state index in [-0.39, 0.29) is 6.61 Å². The predicted molar refractivity (Wildman–Crippen MR) is 84.9 cm³/mol. The molecule has 0 bridgehead atoms. The average Bonchev–Trinajstić information content (AvgIpc) is 2.49. The summed E-state index contributed by atoms with van der Waals surface area (Å²) in [4.78, 5) is 11.4. The molecule has 1 atom stereocenters. The number of unbranched alkanes of at least 4 members (excludes halogenated alkanes) is 1. The fourth-order valence-electron chi connectivity index (χ4n) is 1.95. The van der Waals surface area contributed by atoms with E-state index in [9.17, 15) is 9.90 Å². The molecule has 21 heavy (non-hydrogen) atoms. The summed E-state index contributed by atoms with van der Waals surface area (Å²) in [5.74, 6) is -0.184. The lowest BCUT2D eigenvalue weighted by Crippen LogP contribution is -2.54. The van der Waals surface area contributed by atoms with Gasteiger partial charge in [-0.15, -0.1) is 0 Å². The number of hydrogen-bond acceptors (Lipinski definition) is 3. The maximum Gasteiger partial charge on any atom is 0.327 e. The van der Waals surface area contributed by atoms with Crippen LogP contribution in [-0.4, -0.2) is 29.8 Å². The Morgan fingerprint density at radius 3 is 2.43 bits per heavy atom. The number of ether oxygens (including phenoxy) is 1. The van der Waals surface area contributed by atoms with Crippen LogP contribution in [0.3, 0.4) is 0 Å². The van der Waals surface area contributed by atoms with Crippen LogP contribution in [0, 0.1) is 0 Å². The number of carboxylic acid groups (broad SMARTS) is 1. The molecular formula is C17H27NO3. The third-order valence-corrected chi connectivity index (χ3v) is 3.51. The first-order valence-corrected chi connectivity index (χ1v) is 7.72. The molecule has 0 aliphatic carbocycles. The summed E-state index contributed by atoms with van der Waals surface area (Å²) >= 11 is 0. The topological polar surface area (TPSA) is 58.6 Å². The van der Waals surface area contributed by atoms with Gasteiger partial charge in [-0.25, -0.2) is 0 Å². The minimum atomic E-state index is -1.06. The van der Waals surface area contributed by atoms with Crippen molar-refractivity contribution in [1.82, 2.24) is 5.32 Å². The van der Waals surface area contributed by atoms with Crippen molar-refractivity contribution < 1.29 is 14.6 Å². The molecule has 4 nitrogen and oxygen atoms in total. The van der Waals surface area contributed by atoms with E-state index in [1.807, 2.05) is 31.2 Å². The molecule has 0 fully saturated rings. The van der Waals surface area contributed by atoms with Crippen LogP contribution in [0.4, 0.5) is 0 Å². The highest BCUT2D eigenvalue weighted by Gasteiger charge is 2.33. The van der Waals surface area contributed by atoms with Gasteiger partial charge in [0.25, 0.3) is 0 Å². The van der Waals surface area contributed by atoms with Gasteiger partial charge < -0.3 is 9.84 Å². The molecule has 1 unspecified atom stereocenters. The van der Waals surface area contributed by atoms with Crippen LogP contribution < -0.4 is 10.1 Å². The number of benzene rings is 1. The van der Waals surface area contributed by atoms with Crippen LogP contribution in [-0.2, 0) is 11.2 Å². The van der Waals surface area contributed by atoms with Crippen LogP contribution in [0.15, 0.2) is 24.3 Å². The Balaban J connectivity index is 2.57. The Morgan fingerprint density at radius 2 is 1.90 bits per heavy atom. The molecule has 1 aromatic rings. The Kier molecular flexibility index (Phi) is 7.23. The van der Waals surface area contributed by atoms with Gasteiger partial charge >= 0.3 is 5.97 Å². The summed E-state index contributed by atoms with van der Waals surface area (Å²) in [5, 5.41) is 12.4. The van der Waals surface area contributed by atoms with E-state index in [2.05, 4.69) is 12.2 Å². The number of carboxylic acids is 1. The smallest absolute Gasteiger partial charge is 0.327 e. The second-order valence-corrected chi connectivity index (χ2v) is 5.60. The molecule has 0 spiro atoms. The van der Waals surface area contributed by atoms with Crippen LogP contribution >= 0.6 is 0 Å². The monoisotopic (exact) mass is 293 g/mol. The van der Waals surface area contributed by atoms with Crippen molar-refractivity contribution in [3.63, 3.8) is 0 Å². The summed E-state index contributed by atoms with van der Waals surface area (Å²) in [5.41, 5.74) is 0.228. The third kappa shape index (κ3) is 5.76. The maximum atomic E-state index is 11.4. The first kappa shape index (κ1) is 17.5. The molecule has 0 aliphatic rings. The van der Waals surface area contributed by atoms with Crippen molar-refractivity contribution in [3.05, 3.63) is 29.8 Å². The second-order valence-electron chi connectivity index (χ2n) is 5.60. The third-order valence-electron chi connectivity index (χ3n) is 3.51. The molecule has 0 aliphatic heterocycles. The SMILES string of the molecule is CCCCc1ccc(OCC(C)(NCCC)C(=O)O)cc1. The molecule has 2 N–H and O–H groups in total. The fraction of sp³-hybridized carbons (Fsp3) is 0.588. The lowest BCUT2D eigenvalue weighted by Gasteiger charge is -2.26. The number of aryl methyl sites for hydroxylation is 1. The minimum absolute atomic E-state index is 0.108. The van der Waals surface area contributed by atoms with Crippen molar-refractivity contribution in [2.45, 2.75) is 52.0 Å². The van der Waals surface area contributed by atoms with Gasteiger partial charge in [-0.1, -0.05) is 32.4 Å². The first-order chi connectivity index (χ1) is 10.0. The largest absolute Gasteiger partial charge is 0.491 e. The summed E-state index contributed by atoms with van der Waals surface area (Å²) < 4.78 is 5.65. The number of carbonyl (C=O) groups is 1. The predicted octanol–water partition coefficient (Wildman–Crippen LogP) is 3.25. The van der Waals surface area contributed by atoms with Crippen molar-refractivity contribution in [2.24, 2.45) is 0 Å². The highest BCUT2D eigenvalue weighted by Crippen LogP contribution is 2.16. The number of rotatable bonds is 10. The Labute approximate surface area is 127 Å². The van der Waals surface area contributed by atoms with Gasteiger partial charge in [0.15, 0.2) is 0 Å². The number of hydrogen-bond donors (Lipinski definition) is 2. The highest BCUT2D eigenvalue weighted by atomic mass is 16.5. The van der Waals surface area contributed by atoms with Gasteiger partial charge in [0.1, 0.15) is 17.9 Å². The van der Waals surface area contributed by atoms with Crippen molar-refractivity contribution in [2.75, 3.05) is 13.2 Å². The summed E-state index contributed by atoms with van der Waals surface area (Å²) in [6, 6.07) is 7.91. The Morgan fingerprint density at radius 1 is 1.24 bits per heavy atom. The lowest BCUT2D eigenvalue weighted by molar-refractivity contribution is -0.145. The molecule has 0 amide bonds. The Hall–Kier alpha value is -1.55. The van der Waals surface area contributed by atoms with Gasteiger partial charge in [-0.2, -0.15) is 0 Å². The minimum Gasteiger partial charge on any atom is -0.491 e. The molecule has 1 aromatic carbocycles. The highest BCUT2D eigenvalue weighted by molar-refractivity contribution is 5.78. The molecule has 118 valence electrons. The number of aliphatic carboxylic acids is 1. The summed E-state index contributed by atoms with van der Waals surface area (Å²) in [6.07, 6.45) is 4.31. The van der Waals surface area contributed by atoms with E-state index in [4.69, 9.17) is 4.74 Å². The molecule has 0 saturated heterocycles. The first-order valence-electron chi connectivity index (χ1n) is 7.72. The maximum absolute atomic E-state index is 11.4. The second kappa shape index (κ2) is 8.67. The zero-order chi connectivity index (χ0) is 15.7. The number of nitrogens with one attached hydrogen (secondary N) is 1. The molecule has 0 radical (unpaired) electrons. The van der Waals surface area contributed by atoms with Gasteiger partial charge in [-0.3, -0.25) is 10.1 Å². The van der Waals surface area contributed by atoms with Gasteiger partial charge in [0.05, 0.1) is 0 Å². The molecule has 0 aromatic heterocycles.